The number of hydrogen-bond donors (Lipinski definition) is 3. The number of aromatic amines is 1. The van der Waals surface area contributed by atoms with Gasteiger partial charge in [0, 0.05) is 34.8 Å². The van der Waals surface area contributed by atoms with E-state index < -0.39 is 0 Å². The standard InChI is InChI=1S/C25H27N3O4/c1-32-20-10-11-22-21(14-20)18(15-26-22)13-23(27-24(30)17-7-3-2-4-8-17)25(31)28-12-6-5-9-19(28)16-29/h2-4,7-8,10-11,13-15,19,26,29H,5-6,9,12,16H2,1H3,(H,27,30)/b23-13-/t19-/m0/s1. The van der Waals surface area contributed by atoms with Crippen LogP contribution in [0.3, 0.4) is 0 Å². The number of aliphatic hydroxyl groups excluding tert-OH is 1. The van der Waals surface area contributed by atoms with Gasteiger partial charge in [-0.25, -0.2) is 0 Å². The van der Waals surface area contributed by atoms with Gasteiger partial charge in [0.05, 0.1) is 19.8 Å². The summed E-state index contributed by atoms with van der Waals surface area (Å²) in [5, 5.41) is 13.5. The summed E-state index contributed by atoms with van der Waals surface area (Å²) in [5.41, 5.74) is 2.28. The number of methoxy groups -OCH3 is 1. The Hall–Kier alpha value is -3.58. The molecule has 2 aromatic carbocycles. The first kappa shape index (κ1) is 21.6. The molecule has 3 aromatic rings. The van der Waals surface area contributed by atoms with Gasteiger partial charge in [0.2, 0.25) is 0 Å². The fourth-order valence-corrected chi connectivity index (χ4v) is 4.07. The van der Waals surface area contributed by atoms with Crippen molar-refractivity contribution in [2.75, 3.05) is 20.3 Å². The molecule has 2 heterocycles. The lowest BCUT2D eigenvalue weighted by atomic mass is 10.0. The van der Waals surface area contributed by atoms with Gasteiger partial charge in [0.25, 0.3) is 11.8 Å². The maximum absolute atomic E-state index is 13.5. The van der Waals surface area contributed by atoms with Gasteiger partial charge in [-0.2, -0.15) is 0 Å². The Morgan fingerprint density at radius 2 is 2.03 bits per heavy atom. The molecule has 0 spiro atoms. The molecule has 0 aliphatic carbocycles. The lowest BCUT2D eigenvalue weighted by Crippen LogP contribution is -2.48. The van der Waals surface area contributed by atoms with Crippen molar-refractivity contribution < 1.29 is 19.4 Å². The summed E-state index contributed by atoms with van der Waals surface area (Å²) in [4.78, 5) is 31.3. The zero-order valence-electron chi connectivity index (χ0n) is 18.0. The number of benzene rings is 2. The highest BCUT2D eigenvalue weighted by molar-refractivity contribution is 6.06. The molecule has 0 radical (unpaired) electrons. The van der Waals surface area contributed by atoms with Crippen LogP contribution in [0.4, 0.5) is 0 Å². The third-order valence-corrected chi connectivity index (χ3v) is 5.83. The van der Waals surface area contributed by atoms with Crippen molar-refractivity contribution in [3.8, 4) is 5.75 Å². The molecule has 32 heavy (non-hydrogen) atoms. The van der Waals surface area contributed by atoms with E-state index in [9.17, 15) is 14.7 Å². The molecule has 3 N–H and O–H groups in total. The zero-order valence-corrected chi connectivity index (χ0v) is 18.0. The molecule has 2 amide bonds. The third kappa shape index (κ3) is 4.53. The minimum Gasteiger partial charge on any atom is -0.497 e. The number of likely N-dealkylation sites (tertiary alicyclic amines) is 1. The Morgan fingerprint density at radius 3 is 2.78 bits per heavy atom. The SMILES string of the molecule is COc1ccc2[nH]cc(/C=C(\NC(=O)c3ccccc3)C(=O)N3CCCC[C@H]3CO)c2c1. The van der Waals surface area contributed by atoms with Gasteiger partial charge in [-0.05, 0) is 55.7 Å². The van der Waals surface area contributed by atoms with Crippen LogP contribution in [0.25, 0.3) is 17.0 Å². The maximum atomic E-state index is 13.5. The number of aromatic nitrogens is 1. The average Bonchev–Trinajstić information content (AvgIpc) is 3.25. The van der Waals surface area contributed by atoms with E-state index in [1.165, 1.54) is 0 Å². The van der Waals surface area contributed by atoms with Crippen LogP contribution in [0, 0.1) is 0 Å². The van der Waals surface area contributed by atoms with Crippen molar-refractivity contribution >= 4 is 28.8 Å². The summed E-state index contributed by atoms with van der Waals surface area (Å²) in [7, 11) is 1.60. The number of carbonyl (C=O) groups is 2. The summed E-state index contributed by atoms with van der Waals surface area (Å²) in [6.45, 7) is 0.445. The van der Waals surface area contributed by atoms with E-state index in [0.717, 1.165) is 35.7 Å². The van der Waals surface area contributed by atoms with Crippen LogP contribution in [0.1, 0.15) is 35.2 Å². The van der Waals surface area contributed by atoms with E-state index in [4.69, 9.17) is 4.74 Å². The highest BCUT2D eigenvalue weighted by Crippen LogP contribution is 2.26. The molecule has 1 fully saturated rings. The van der Waals surface area contributed by atoms with Crippen molar-refractivity contribution in [3.05, 3.63) is 71.6 Å². The summed E-state index contributed by atoms with van der Waals surface area (Å²) in [6, 6.07) is 14.2. The van der Waals surface area contributed by atoms with Crippen LogP contribution in [0.5, 0.6) is 5.75 Å². The monoisotopic (exact) mass is 433 g/mol. The highest BCUT2D eigenvalue weighted by Gasteiger charge is 2.29. The van der Waals surface area contributed by atoms with Crippen LogP contribution >= 0.6 is 0 Å². The average molecular weight is 434 g/mol. The van der Waals surface area contributed by atoms with Gasteiger partial charge in [-0.15, -0.1) is 0 Å². The number of piperidine rings is 1. The fraction of sp³-hybridized carbons (Fsp3) is 0.280. The highest BCUT2D eigenvalue weighted by atomic mass is 16.5. The molecule has 166 valence electrons. The van der Waals surface area contributed by atoms with Gasteiger partial charge in [0.15, 0.2) is 0 Å². The van der Waals surface area contributed by atoms with Gasteiger partial charge >= 0.3 is 0 Å². The number of carbonyl (C=O) groups excluding carboxylic acids is 2. The molecular weight excluding hydrogens is 406 g/mol. The van der Waals surface area contributed by atoms with E-state index in [2.05, 4.69) is 10.3 Å². The van der Waals surface area contributed by atoms with Crippen LogP contribution in [0.15, 0.2) is 60.4 Å². The lowest BCUT2D eigenvalue weighted by molar-refractivity contribution is -0.132. The number of amides is 2. The van der Waals surface area contributed by atoms with Crippen LogP contribution in [-0.4, -0.2) is 53.1 Å². The second kappa shape index (κ2) is 9.70. The van der Waals surface area contributed by atoms with Crippen molar-refractivity contribution in [2.45, 2.75) is 25.3 Å². The van der Waals surface area contributed by atoms with E-state index in [1.807, 2.05) is 24.3 Å². The summed E-state index contributed by atoms with van der Waals surface area (Å²) in [6.07, 6.45) is 6.06. The lowest BCUT2D eigenvalue weighted by Gasteiger charge is -2.35. The Balaban J connectivity index is 1.73. The second-order valence-corrected chi connectivity index (χ2v) is 7.86. The normalized spacial score (nSPS) is 16.8. The van der Waals surface area contributed by atoms with Gasteiger partial charge in [0.1, 0.15) is 11.4 Å². The number of H-pyrrole nitrogens is 1. The molecule has 0 saturated carbocycles. The topological polar surface area (TPSA) is 94.7 Å². The second-order valence-electron chi connectivity index (χ2n) is 7.86. The van der Waals surface area contributed by atoms with Gasteiger partial charge in [-0.3, -0.25) is 9.59 Å². The first-order chi connectivity index (χ1) is 15.6. The minimum absolute atomic E-state index is 0.101. The smallest absolute Gasteiger partial charge is 0.270 e. The number of hydrogen-bond acceptors (Lipinski definition) is 4. The van der Waals surface area contributed by atoms with Gasteiger partial charge < -0.3 is 25.0 Å². The molecule has 4 rings (SSSR count). The van der Waals surface area contributed by atoms with Crippen molar-refractivity contribution in [2.24, 2.45) is 0 Å². The predicted octanol–water partition coefficient (Wildman–Crippen LogP) is 3.32. The summed E-state index contributed by atoms with van der Waals surface area (Å²) in [5.74, 6) is 0.0368. The van der Waals surface area contributed by atoms with Gasteiger partial charge in [-0.1, -0.05) is 18.2 Å². The molecule has 1 atom stereocenters. The van der Waals surface area contributed by atoms with E-state index >= 15 is 0 Å². The Morgan fingerprint density at radius 1 is 1.22 bits per heavy atom. The number of nitrogens with zero attached hydrogens (tertiary/aromatic N) is 1. The van der Waals surface area contributed by atoms with Crippen LogP contribution in [-0.2, 0) is 4.79 Å². The number of aliphatic hydroxyl groups is 1. The predicted molar refractivity (Wildman–Crippen MR) is 123 cm³/mol. The van der Waals surface area contributed by atoms with Crippen molar-refractivity contribution in [1.82, 2.24) is 15.2 Å². The first-order valence-electron chi connectivity index (χ1n) is 10.8. The Bertz CT molecular complexity index is 1140. The fourth-order valence-electron chi connectivity index (χ4n) is 4.07. The number of rotatable bonds is 6. The van der Waals surface area contributed by atoms with Crippen molar-refractivity contribution in [1.29, 1.82) is 0 Å². The summed E-state index contributed by atoms with van der Waals surface area (Å²) >= 11 is 0. The van der Waals surface area contributed by atoms with E-state index in [0.29, 0.717) is 17.9 Å². The molecule has 1 aliphatic heterocycles. The molecule has 0 unspecified atom stereocenters. The molecule has 7 heteroatoms. The zero-order chi connectivity index (χ0) is 22.5. The van der Waals surface area contributed by atoms with E-state index in [-0.39, 0.29) is 30.2 Å². The molecule has 1 aliphatic rings. The number of fused-ring (bicyclic) bond motifs is 1. The van der Waals surface area contributed by atoms with Crippen LogP contribution < -0.4 is 10.1 Å². The molecule has 1 aromatic heterocycles. The molecule has 7 nitrogen and oxygen atoms in total. The Labute approximate surface area is 186 Å². The third-order valence-electron chi connectivity index (χ3n) is 5.83. The minimum atomic E-state index is -0.361. The van der Waals surface area contributed by atoms with Crippen molar-refractivity contribution in [3.63, 3.8) is 0 Å². The number of ether oxygens (including phenoxy) is 1. The largest absolute Gasteiger partial charge is 0.497 e. The summed E-state index contributed by atoms with van der Waals surface area (Å²) < 4.78 is 5.34. The molecular formula is C25H27N3O4. The molecule has 0 bridgehead atoms. The Kier molecular flexibility index (Phi) is 6.56. The van der Waals surface area contributed by atoms with Crippen LogP contribution in [0.2, 0.25) is 0 Å². The number of nitrogens with one attached hydrogen (secondary N) is 2. The maximum Gasteiger partial charge on any atom is 0.270 e. The quantitative estimate of drug-likeness (QED) is 0.520. The first-order valence-corrected chi connectivity index (χ1v) is 10.8. The van der Waals surface area contributed by atoms with E-state index in [1.54, 1.807) is 48.5 Å². The molecule has 1 saturated heterocycles.